The molecule has 0 amide bonds. The Kier molecular flexibility index (Phi) is 5.99. The van der Waals surface area contributed by atoms with Crippen LogP contribution in [0.2, 0.25) is 5.02 Å². The Bertz CT molecular complexity index is 854. The Balaban J connectivity index is 1.90. The topological polar surface area (TPSA) is 66.0 Å². The van der Waals surface area contributed by atoms with Gasteiger partial charge >= 0.3 is 0 Å². The molecule has 0 radical (unpaired) electrons. The van der Waals surface area contributed by atoms with Crippen molar-refractivity contribution in [1.82, 2.24) is 19.9 Å². The molecule has 2 N–H and O–H groups in total. The van der Waals surface area contributed by atoms with E-state index in [0.717, 1.165) is 30.0 Å². The summed E-state index contributed by atoms with van der Waals surface area (Å²) in [6.07, 6.45) is 3.52. The summed E-state index contributed by atoms with van der Waals surface area (Å²) in [5, 5.41) is 7.17. The number of likely N-dealkylation sites (N-methyl/N-ethyl adjacent to an activating group) is 1. The van der Waals surface area contributed by atoms with E-state index in [1.165, 1.54) is 0 Å². The first-order chi connectivity index (χ1) is 12.6. The van der Waals surface area contributed by atoms with Gasteiger partial charge in [0.1, 0.15) is 5.82 Å². The van der Waals surface area contributed by atoms with Crippen LogP contribution in [0.3, 0.4) is 0 Å². The van der Waals surface area contributed by atoms with Gasteiger partial charge in [0.15, 0.2) is 0 Å². The predicted octanol–water partition coefficient (Wildman–Crippen LogP) is 3.91. The van der Waals surface area contributed by atoms with Gasteiger partial charge in [-0.15, -0.1) is 0 Å². The lowest BCUT2D eigenvalue weighted by molar-refractivity contribution is 0.425. The quantitative estimate of drug-likeness (QED) is 0.659. The zero-order valence-corrected chi connectivity index (χ0v) is 15.5. The molecule has 0 fully saturated rings. The molecule has 0 atom stereocenters. The van der Waals surface area contributed by atoms with Crippen LogP contribution in [0.15, 0.2) is 54.9 Å². The summed E-state index contributed by atoms with van der Waals surface area (Å²) < 4.78 is 0. The first-order valence-corrected chi connectivity index (χ1v) is 8.69. The molecule has 6 nitrogen and oxygen atoms in total. The molecule has 0 spiro atoms. The molecule has 2 heterocycles. The van der Waals surface area contributed by atoms with Crippen LogP contribution < -0.4 is 10.6 Å². The lowest BCUT2D eigenvalue weighted by Crippen LogP contribution is -2.21. The van der Waals surface area contributed by atoms with Crippen molar-refractivity contribution in [3.8, 4) is 11.3 Å². The average molecular weight is 369 g/mol. The van der Waals surface area contributed by atoms with E-state index in [2.05, 4.69) is 30.5 Å². The van der Waals surface area contributed by atoms with Gasteiger partial charge in [0.05, 0.1) is 16.4 Å². The van der Waals surface area contributed by atoms with Crippen LogP contribution in [0.25, 0.3) is 11.3 Å². The molecule has 1 aromatic carbocycles. The molecule has 0 unspecified atom stereocenters. The van der Waals surface area contributed by atoms with Crippen molar-refractivity contribution in [1.29, 1.82) is 0 Å². The van der Waals surface area contributed by atoms with E-state index in [1.807, 2.05) is 56.6 Å². The molecule has 2 aromatic heterocycles. The first kappa shape index (κ1) is 18.1. The summed E-state index contributed by atoms with van der Waals surface area (Å²) in [4.78, 5) is 15.4. The van der Waals surface area contributed by atoms with Gasteiger partial charge in [-0.1, -0.05) is 23.7 Å². The SMILES string of the molecule is CN(C)CCNc1nc(Nc2ccccc2Cl)cc(-c2cccnc2)n1. The molecular formula is C19H21ClN6. The van der Waals surface area contributed by atoms with Crippen LogP contribution in [0.4, 0.5) is 17.5 Å². The maximum atomic E-state index is 6.25. The molecule has 3 aromatic rings. The Labute approximate surface area is 158 Å². The second kappa shape index (κ2) is 8.60. The highest BCUT2D eigenvalue weighted by Gasteiger charge is 2.09. The van der Waals surface area contributed by atoms with Crippen molar-refractivity contribution in [3.63, 3.8) is 0 Å². The number of para-hydroxylation sites is 1. The zero-order valence-electron chi connectivity index (χ0n) is 14.8. The number of halogens is 1. The fraction of sp³-hybridized carbons (Fsp3) is 0.211. The lowest BCUT2D eigenvalue weighted by Gasteiger charge is -2.13. The Morgan fingerprint density at radius 3 is 2.65 bits per heavy atom. The van der Waals surface area contributed by atoms with Gasteiger partial charge in [0.2, 0.25) is 5.95 Å². The van der Waals surface area contributed by atoms with Gasteiger partial charge in [0.25, 0.3) is 0 Å². The summed E-state index contributed by atoms with van der Waals surface area (Å²) in [6, 6.07) is 13.3. The minimum absolute atomic E-state index is 0.558. The van der Waals surface area contributed by atoms with Gasteiger partial charge in [-0.2, -0.15) is 4.98 Å². The number of hydrogen-bond acceptors (Lipinski definition) is 6. The molecule has 26 heavy (non-hydrogen) atoms. The van der Waals surface area contributed by atoms with Crippen molar-refractivity contribution in [2.24, 2.45) is 0 Å². The third kappa shape index (κ3) is 4.91. The van der Waals surface area contributed by atoms with Crippen LogP contribution in [-0.2, 0) is 0 Å². The number of benzene rings is 1. The van der Waals surface area contributed by atoms with Gasteiger partial charge < -0.3 is 15.5 Å². The first-order valence-electron chi connectivity index (χ1n) is 8.31. The number of rotatable bonds is 7. The normalized spacial score (nSPS) is 10.8. The van der Waals surface area contributed by atoms with Crippen molar-refractivity contribution in [2.75, 3.05) is 37.8 Å². The second-order valence-corrected chi connectivity index (χ2v) is 6.45. The average Bonchev–Trinajstić information content (AvgIpc) is 2.64. The summed E-state index contributed by atoms with van der Waals surface area (Å²) in [5.41, 5.74) is 2.51. The minimum atomic E-state index is 0.558. The van der Waals surface area contributed by atoms with Crippen LogP contribution in [-0.4, -0.2) is 47.0 Å². The zero-order chi connectivity index (χ0) is 18.4. The van der Waals surface area contributed by atoms with Crippen LogP contribution >= 0.6 is 11.6 Å². The fourth-order valence-electron chi connectivity index (χ4n) is 2.34. The molecule has 0 aliphatic carbocycles. The lowest BCUT2D eigenvalue weighted by atomic mass is 10.2. The van der Waals surface area contributed by atoms with Gasteiger partial charge in [0, 0.05) is 37.1 Å². The Morgan fingerprint density at radius 1 is 1.08 bits per heavy atom. The highest BCUT2D eigenvalue weighted by molar-refractivity contribution is 6.33. The summed E-state index contributed by atoms with van der Waals surface area (Å²) >= 11 is 6.25. The molecule has 7 heteroatoms. The number of nitrogens with one attached hydrogen (secondary N) is 2. The van der Waals surface area contributed by atoms with Crippen LogP contribution in [0.5, 0.6) is 0 Å². The number of hydrogen-bond donors (Lipinski definition) is 2. The third-order valence-electron chi connectivity index (χ3n) is 3.66. The van der Waals surface area contributed by atoms with E-state index >= 15 is 0 Å². The van der Waals surface area contributed by atoms with E-state index in [0.29, 0.717) is 16.8 Å². The van der Waals surface area contributed by atoms with Crippen molar-refractivity contribution in [2.45, 2.75) is 0 Å². The Hall–Kier alpha value is -2.70. The predicted molar refractivity (Wildman–Crippen MR) is 107 cm³/mol. The molecule has 0 saturated heterocycles. The fourth-order valence-corrected chi connectivity index (χ4v) is 2.53. The highest BCUT2D eigenvalue weighted by Crippen LogP contribution is 2.27. The molecule has 3 rings (SSSR count). The number of pyridine rings is 1. The van der Waals surface area contributed by atoms with E-state index in [-0.39, 0.29) is 0 Å². The molecule has 0 saturated carbocycles. The van der Waals surface area contributed by atoms with Crippen molar-refractivity contribution >= 4 is 29.1 Å². The van der Waals surface area contributed by atoms with Crippen LogP contribution in [0.1, 0.15) is 0 Å². The van der Waals surface area contributed by atoms with Crippen molar-refractivity contribution in [3.05, 3.63) is 59.9 Å². The van der Waals surface area contributed by atoms with Gasteiger partial charge in [-0.05, 0) is 38.4 Å². The van der Waals surface area contributed by atoms with E-state index < -0.39 is 0 Å². The molecule has 134 valence electrons. The van der Waals surface area contributed by atoms with E-state index in [9.17, 15) is 0 Å². The molecule has 0 aliphatic heterocycles. The number of aromatic nitrogens is 3. The molecular weight excluding hydrogens is 348 g/mol. The maximum absolute atomic E-state index is 6.25. The standard InChI is InChI=1S/C19H21ClN6/c1-26(2)11-10-22-19-24-17(14-6-5-9-21-13-14)12-18(25-19)23-16-8-4-3-7-15(16)20/h3-9,12-13H,10-11H2,1-2H3,(H2,22,23,24,25). The van der Waals surface area contributed by atoms with Gasteiger partial charge in [-0.25, -0.2) is 4.98 Å². The monoisotopic (exact) mass is 368 g/mol. The second-order valence-electron chi connectivity index (χ2n) is 6.04. The number of anilines is 3. The smallest absolute Gasteiger partial charge is 0.225 e. The minimum Gasteiger partial charge on any atom is -0.353 e. The number of nitrogens with zero attached hydrogens (tertiary/aromatic N) is 4. The summed E-state index contributed by atoms with van der Waals surface area (Å²) in [7, 11) is 4.05. The maximum Gasteiger partial charge on any atom is 0.225 e. The summed E-state index contributed by atoms with van der Waals surface area (Å²) in [5.74, 6) is 1.22. The van der Waals surface area contributed by atoms with E-state index in [1.54, 1.807) is 12.4 Å². The molecule has 0 bridgehead atoms. The van der Waals surface area contributed by atoms with E-state index in [4.69, 9.17) is 11.6 Å². The molecule has 0 aliphatic rings. The largest absolute Gasteiger partial charge is 0.353 e. The highest BCUT2D eigenvalue weighted by atomic mass is 35.5. The summed E-state index contributed by atoms with van der Waals surface area (Å²) in [6.45, 7) is 1.63. The van der Waals surface area contributed by atoms with Crippen LogP contribution in [0, 0.1) is 0 Å². The Morgan fingerprint density at radius 2 is 1.92 bits per heavy atom. The van der Waals surface area contributed by atoms with Crippen molar-refractivity contribution < 1.29 is 0 Å². The van der Waals surface area contributed by atoms with Gasteiger partial charge in [-0.3, -0.25) is 4.98 Å². The third-order valence-corrected chi connectivity index (χ3v) is 3.99.